The van der Waals surface area contributed by atoms with E-state index in [0.29, 0.717) is 6.54 Å². The average Bonchev–Trinajstić information content (AvgIpc) is 2.88. The highest BCUT2D eigenvalue weighted by atomic mass is 16.5. The van der Waals surface area contributed by atoms with Gasteiger partial charge in [0.2, 0.25) is 0 Å². The third-order valence-electron chi connectivity index (χ3n) is 3.92. The number of rotatable bonds is 5. The maximum absolute atomic E-state index is 12.6. The van der Waals surface area contributed by atoms with Crippen LogP contribution < -0.4 is 10.5 Å². The van der Waals surface area contributed by atoms with E-state index in [9.17, 15) is 4.79 Å². The van der Waals surface area contributed by atoms with Crippen LogP contribution in [0.5, 0.6) is 5.75 Å². The summed E-state index contributed by atoms with van der Waals surface area (Å²) in [6.45, 7) is 4.43. The molecule has 0 aliphatic heterocycles. The number of hydrogen-bond donors (Lipinski definition) is 1. The van der Waals surface area contributed by atoms with Crippen LogP contribution in [-0.2, 0) is 0 Å². The quantitative estimate of drug-likeness (QED) is 0.828. The van der Waals surface area contributed by atoms with Gasteiger partial charge in [0.15, 0.2) is 5.78 Å². The zero-order valence-electron chi connectivity index (χ0n) is 11.8. The third kappa shape index (κ3) is 2.98. The molecule has 3 nitrogen and oxygen atoms in total. The van der Waals surface area contributed by atoms with Crippen LogP contribution in [0.25, 0.3) is 0 Å². The summed E-state index contributed by atoms with van der Waals surface area (Å²) in [5.74, 6) is 1.00. The van der Waals surface area contributed by atoms with E-state index >= 15 is 0 Å². The van der Waals surface area contributed by atoms with Gasteiger partial charge in [-0.1, -0.05) is 12.8 Å². The lowest BCUT2D eigenvalue weighted by molar-refractivity contribution is 0.0810. The molecule has 0 atom stereocenters. The SMILES string of the molecule is CC(C)Oc1ccc(C(=O)C2(CN)CCCC2)cc1. The maximum Gasteiger partial charge on any atom is 0.170 e. The average molecular weight is 261 g/mol. The first-order valence-electron chi connectivity index (χ1n) is 7.09. The minimum atomic E-state index is -0.319. The lowest BCUT2D eigenvalue weighted by Crippen LogP contribution is -2.36. The first-order chi connectivity index (χ1) is 9.07. The van der Waals surface area contributed by atoms with Gasteiger partial charge in [0.05, 0.1) is 6.10 Å². The normalized spacial score (nSPS) is 17.7. The lowest BCUT2D eigenvalue weighted by atomic mass is 9.79. The monoisotopic (exact) mass is 261 g/mol. The van der Waals surface area contributed by atoms with Crippen molar-refractivity contribution in [2.75, 3.05) is 6.54 Å². The number of hydrogen-bond acceptors (Lipinski definition) is 3. The first kappa shape index (κ1) is 14.1. The number of benzene rings is 1. The Kier molecular flexibility index (Phi) is 4.25. The first-order valence-corrected chi connectivity index (χ1v) is 7.09. The van der Waals surface area contributed by atoms with Gasteiger partial charge in [-0.25, -0.2) is 0 Å². The molecule has 1 aliphatic rings. The standard InChI is InChI=1S/C16H23NO2/c1-12(2)19-14-7-5-13(6-8-14)15(18)16(11-17)9-3-4-10-16/h5-8,12H,3-4,9-11,17H2,1-2H3. The van der Waals surface area contributed by atoms with Crippen LogP contribution in [0.2, 0.25) is 0 Å². The van der Waals surface area contributed by atoms with Gasteiger partial charge in [-0.05, 0) is 51.0 Å². The van der Waals surface area contributed by atoms with Crippen LogP contribution in [0, 0.1) is 5.41 Å². The summed E-state index contributed by atoms with van der Waals surface area (Å²) in [6.07, 6.45) is 4.21. The Morgan fingerprint density at radius 1 is 1.26 bits per heavy atom. The smallest absolute Gasteiger partial charge is 0.170 e. The van der Waals surface area contributed by atoms with Gasteiger partial charge in [-0.3, -0.25) is 4.79 Å². The van der Waals surface area contributed by atoms with Crippen molar-refractivity contribution in [1.82, 2.24) is 0 Å². The van der Waals surface area contributed by atoms with E-state index in [2.05, 4.69) is 0 Å². The molecule has 0 saturated heterocycles. The predicted molar refractivity (Wildman–Crippen MR) is 76.5 cm³/mol. The molecule has 2 rings (SSSR count). The highest BCUT2D eigenvalue weighted by Gasteiger charge is 2.39. The van der Waals surface area contributed by atoms with Gasteiger partial charge in [0.1, 0.15) is 5.75 Å². The lowest BCUT2D eigenvalue weighted by Gasteiger charge is -2.25. The van der Waals surface area contributed by atoms with Gasteiger partial charge < -0.3 is 10.5 Å². The topological polar surface area (TPSA) is 52.3 Å². The number of ketones is 1. The molecule has 0 spiro atoms. The predicted octanol–water partition coefficient (Wildman–Crippen LogP) is 3.18. The van der Waals surface area contributed by atoms with Gasteiger partial charge in [0.25, 0.3) is 0 Å². The zero-order valence-corrected chi connectivity index (χ0v) is 11.8. The Labute approximate surface area is 115 Å². The molecule has 0 radical (unpaired) electrons. The van der Waals surface area contributed by atoms with Crippen LogP contribution >= 0.6 is 0 Å². The molecule has 0 amide bonds. The highest BCUT2D eigenvalue weighted by molar-refractivity contribution is 6.01. The summed E-state index contributed by atoms with van der Waals surface area (Å²) >= 11 is 0. The molecule has 0 aromatic heterocycles. The second kappa shape index (κ2) is 5.74. The summed E-state index contributed by atoms with van der Waals surface area (Å²) in [7, 11) is 0. The summed E-state index contributed by atoms with van der Waals surface area (Å²) in [5.41, 5.74) is 6.29. The van der Waals surface area contributed by atoms with E-state index < -0.39 is 0 Å². The van der Waals surface area contributed by atoms with Crippen molar-refractivity contribution >= 4 is 5.78 Å². The molecular formula is C16H23NO2. The minimum absolute atomic E-state index is 0.145. The van der Waals surface area contributed by atoms with Crippen molar-refractivity contribution < 1.29 is 9.53 Å². The Bertz CT molecular complexity index is 431. The van der Waals surface area contributed by atoms with Gasteiger partial charge >= 0.3 is 0 Å². The number of carbonyl (C=O) groups is 1. The van der Waals surface area contributed by atoms with E-state index in [1.165, 1.54) is 0 Å². The fraction of sp³-hybridized carbons (Fsp3) is 0.562. The van der Waals surface area contributed by atoms with E-state index in [1.807, 2.05) is 38.1 Å². The maximum atomic E-state index is 12.6. The summed E-state index contributed by atoms with van der Waals surface area (Å²) in [5, 5.41) is 0. The largest absolute Gasteiger partial charge is 0.491 e. The van der Waals surface area contributed by atoms with Crippen molar-refractivity contribution in [1.29, 1.82) is 0 Å². The second-order valence-corrected chi connectivity index (χ2v) is 5.71. The molecule has 1 aromatic rings. The van der Waals surface area contributed by atoms with E-state index in [0.717, 1.165) is 37.0 Å². The van der Waals surface area contributed by atoms with Crippen molar-refractivity contribution in [3.05, 3.63) is 29.8 Å². The van der Waals surface area contributed by atoms with Gasteiger partial charge in [0, 0.05) is 17.5 Å². The van der Waals surface area contributed by atoms with Crippen molar-refractivity contribution in [3.8, 4) is 5.75 Å². The molecule has 1 aromatic carbocycles. The van der Waals surface area contributed by atoms with E-state index in [4.69, 9.17) is 10.5 Å². The van der Waals surface area contributed by atoms with Crippen molar-refractivity contribution in [2.24, 2.45) is 11.1 Å². The van der Waals surface area contributed by atoms with Crippen LogP contribution in [0.1, 0.15) is 49.9 Å². The fourth-order valence-electron chi connectivity index (χ4n) is 2.84. The van der Waals surface area contributed by atoms with E-state index in [-0.39, 0.29) is 17.3 Å². The number of Topliss-reactive ketones (excluding diaryl/α,β-unsaturated/α-hetero) is 1. The summed E-state index contributed by atoms with van der Waals surface area (Å²) in [4.78, 5) is 12.6. The number of carbonyl (C=O) groups excluding carboxylic acids is 1. The van der Waals surface area contributed by atoms with Gasteiger partial charge in [-0.15, -0.1) is 0 Å². The Hall–Kier alpha value is -1.35. The van der Waals surface area contributed by atoms with E-state index in [1.54, 1.807) is 0 Å². The summed E-state index contributed by atoms with van der Waals surface area (Å²) < 4.78 is 5.59. The minimum Gasteiger partial charge on any atom is -0.491 e. The molecular weight excluding hydrogens is 238 g/mol. The molecule has 0 heterocycles. The molecule has 0 unspecified atom stereocenters. The molecule has 19 heavy (non-hydrogen) atoms. The molecule has 0 bridgehead atoms. The highest BCUT2D eigenvalue weighted by Crippen LogP contribution is 2.40. The third-order valence-corrected chi connectivity index (χ3v) is 3.92. The molecule has 1 saturated carbocycles. The molecule has 2 N–H and O–H groups in total. The second-order valence-electron chi connectivity index (χ2n) is 5.71. The Balaban J connectivity index is 2.15. The van der Waals surface area contributed by atoms with Gasteiger partial charge in [-0.2, -0.15) is 0 Å². The van der Waals surface area contributed by atoms with Crippen molar-refractivity contribution in [2.45, 2.75) is 45.6 Å². The van der Waals surface area contributed by atoms with Crippen molar-refractivity contribution in [3.63, 3.8) is 0 Å². The Morgan fingerprint density at radius 2 is 1.84 bits per heavy atom. The van der Waals surface area contributed by atoms with Crippen LogP contribution in [0.15, 0.2) is 24.3 Å². The zero-order chi connectivity index (χ0) is 13.9. The number of ether oxygens (including phenoxy) is 1. The Morgan fingerprint density at radius 3 is 2.32 bits per heavy atom. The van der Waals surface area contributed by atoms with Crippen LogP contribution in [0.4, 0.5) is 0 Å². The number of nitrogens with two attached hydrogens (primary N) is 1. The molecule has 1 aliphatic carbocycles. The fourth-order valence-corrected chi connectivity index (χ4v) is 2.84. The van der Waals surface area contributed by atoms with Crippen LogP contribution in [-0.4, -0.2) is 18.4 Å². The molecule has 1 fully saturated rings. The molecule has 3 heteroatoms. The van der Waals surface area contributed by atoms with Crippen LogP contribution in [0.3, 0.4) is 0 Å². The molecule has 104 valence electrons. The summed E-state index contributed by atoms with van der Waals surface area (Å²) in [6, 6.07) is 7.45.